The van der Waals surface area contributed by atoms with E-state index in [0.29, 0.717) is 12.4 Å². The SMILES string of the molecule is CNc1ccc(C(=O)NCc2cccc(OC)c2)nn1. The van der Waals surface area contributed by atoms with E-state index >= 15 is 0 Å². The van der Waals surface area contributed by atoms with E-state index in [1.54, 1.807) is 26.3 Å². The lowest BCUT2D eigenvalue weighted by Crippen LogP contribution is -2.24. The molecule has 0 radical (unpaired) electrons. The van der Waals surface area contributed by atoms with Gasteiger partial charge in [-0.15, -0.1) is 10.2 Å². The van der Waals surface area contributed by atoms with Crippen LogP contribution in [0.1, 0.15) is 16.1 Å². The van der Waals surface area contributed by atoms with E-state index in [2.05, 4.69) is 20.8 Å². The van der Waals surface area contributed by atoms with Gasteiger partial charge in [0.15, 0.2) is 5.69 Å². The summed E-state index contributed by atoms with van der Waals surface area (Å²) < 4.78 is 5.13. The predicted octanol–water partition coefficient (Wildman–Crippen LogP) is 1.46. The molecule has 0 aliphatic carbocycles. The number of amides is 1. The summed E-state index contributed by atoms with van der Waals surface area (Å²) in [6.07, 6.45) is 0. The summed E-state index contributed by atoms with van der Waals surface area (Å²) in [5, 5.41) is 13.3. The van der Waals surface area contributed by atoms with Gasteiger partial charge in [-0.3, -0.25) is 4.79 Å². The number of nitrogens with zero attached hydrogens (tertiary/aromatic N) is 2. The van der Waals surface area contributed by atoms with Gasteiger partial charge in [0, 0.05) is 13.6 Å². The van der Waals surface area contributed by atoms with Crippen molar-refractivity contribution in [2.75, 3.05) is 19.5 Å². The minimum atomic E-state index is -0.261. The zero-order valence-corrected chi connectivity index (χ0v) is 11.4. The van der Waals surface area contributed by atoms with Gasteiger partial charge in [-0.05, 0) is 29.8 Å². The maximum absolute atomic E-state index is 11.9. The Morgan fingerprint density at radius 3 is 2.75 bits per heavy atom. The Morgan fingerprint density at radius 2 is 2.10 bits per heavy atom. The molecule has 0 fully saturated rings. The molecule has 1 heterocycles. The van der Waals surface area contributed by atoms with Crippen molar-refractivity contribution in [2.45, 2.75) is 6.54 Å². The van der Waals surface area contributed by atoms with E-state index < -0.39 is 0 Å². The van der Waals surface area contributed by atoms with Crippen molar-refractivity contribution in [1.82, 2.24) is 15.5 Å². The number of ether oxygens (including phenoxy) is 1. The first kappa shape index (κ1) is 13.8. The zero-order chi connectivity index (χ0) is 14.4. The smallest absolute Gasteiger partial charge is 0.272 e. The summed E-state index contributed by atoms with van der Waals surface area (Å²) in [5.41, 5.74) is 1.24. The normalized spacial score (nSPS) is 9.90. The van der Waals surface area contributed by atoms with Gasteiger partial charge in [0.2, 0.25) is 0 Å². The Kier molecular flexibility index (Phi) is 4.49. The van der Waals surface area contributed by atoms with Crippen LogP contribution in [0.15, 0.2) is 36.4 Å². The number of methoxy groups -OCH3 is 1. The minimum absolute atomic E-state index is 0.261. The summed E-state index contributed by atoms with van der Waals surface area (Å²) in [7, 11) is 3.35. The van der Waals surface area contributed by atoms with Gasteiger partial charge in [0.1, 0.15) is 11.6 Å². The molecule has 0 saturated heterocycles. The van der Waals surface area contributed by atoms with Gasteiger partial charge >= 0.3 is 0 Å². The lowest BCUT2D eigenvalue weighted by Gasteiger charge is -2.06. The molecule has 1 aromatic heterocycles. The van der Waals surface area contributed by atoms with Gasteiger partial charge in [0.05, 0.1) is 7.11 Å². The number of anilines is 1. The first-order valence-corrected chi connectivity index (χ1v) is 6.15. The second kappa shape index (κ2) is 6.51. The summed E-state index contributed by atoms with van der Waals surface area (Å²) in [6.45, 7) is 0.408. The van der Waals surface area contributed by atoms with Gasteiger partial charge in [-0.2, -0.15) is 0 Å². The van der Waals surface area contributed by atoms with E-state index in [-0.39, 0.29) is 11.6 Å². The Labute approximate surface area is 117 Å². The average Bonchev–Trinajstić information content (AvgIpc) is 2.53. The maximum Gasteiger partial charge on any atom is 0.272 e. The summed E-state index contributed by atoms with van der Waals surface area (Å²) in [5.74, 6) is 1.12. The highest BCUT2D eigenvalue weighted by Gasteiger charge is 2.07. The molecule has 1 amide bonds. The highest BCUT2D eigenvalue weighted by atomic mass is 16.5. The molecular formula is C14H16N4O2. The predicted molar refractivity (Wildman–Crippen MR) is 75.7 cm³/mol. The van der Waals surface area contributed by atoms with Crippen LogP contribution in [-0.2, 0) is 6.54 Å². The molecule has 0 aliphatic heterocycles. The van der Waals surface area contributed by atoms with Gasteiger partial charge < -0.3 is 15.4 Å². The molecule has 104 valence electrons. The molecule has 1 aromatic carbocycles. The van der Waals surface area contributed by atoms with Crippen molar-refractivity contribution >= 4 is 11.7 Å². The number of benzene rings is 1. The Hall–Kier alpha value is -2.63. The molecule has 0 atom stereocenters. The van der Waals surface area contributed by atoms with Crippen LogP contribution < -0.4 is 15.4 Å². The second-order valence-corrected chi connectivity index (χ2v) is 4.09. The van der Waals surface area contributed by atoms with E-state index in [4.69, 9.17) is 4.74 Å². The van der Waals surface area contributed by atoms with Crippen molar-refractivity contribution in [3.63, 3.8) is 0 Å². The van der Waals surface area contributed by atoms with Crippen LogP contribution in [0.5, 0.6) is 5.75 Å². The number of nitrogens with one attached hydrogen (secondary N) is 2. The van der Waals surface area contributed by atoms with Gasteiger partial charge in [-0.1, -0.05) is 12.1 Å². The molecule has 0 bridgehead atoms. The van der Waals surface area contributed by atoms with Crippen molar-refractivity contribution in [1.29, 1.82) is 0 Å². The highest BCUT2D eigenvalue weighted by Crippen LogP contribution is 2.12. The fourth-order valence-electron chi connectivity index (χ4n) is 1.64. The van der Waals surface area contributed by atoms with Crippen molar-refractivity contribution < 1.29 is 9.53 Å². The van der Waals surface area contributed by atoms with Gasteiger partial charge in [-0.25, -0.2) is 0 Å². The molecule has 20 heavy (non-hydrogen) atoms. The summed E-state index contributed by atoms with van der Waals surface area (Å²) >= 11 is 0. The van der Waals surface area contributed by atoms with Crippen LogP contribution in [0, 0.1) is 0 Å². The number of aromatic nitrogens is 2. The third-order valence-corrected chi connectivity index (χ3v) is 2.74. The molecule has 2 aromatic rings. The molecule has 0 saturated carbocycles. The fourth-order valence-corrected chi connectivity index (χ4v) is 1.64. The van der Waals surface area contributed by atoms with Crippen LogP contribution in [0.2, 0.25) is 0 Å². The molecule has 0 aliphatic rings. The molecule has 2 N–H and O–H groups in total. The fraction of sp³-hybridized carbons (Fsp3) is 0.214. The topological polar surface area (TPSA) is 76.1 Å². The van der Waals surface area contributed by atoms with Crippen molar-refractivity contribution in [3.05, 3.63) is 47.7 Å². The summed E-state index contributed by atoms with van der Waals surface area (Å²) in [6, 6.07) is 10.8. The standard InChI is InChI=1S/C14H16N4O2/c1-15-13-7-6-12(17-18-13)14(19)16-9-10-4-3-5-11(8-10)20-2/h3-8H,9H2,1-2H3,(H,15,18)(H,16,19). The zero-order valence-electron chi connectivity index (χ0n) is 11.4. The van der Waals surface area contributed by atoms with Gasteiger partial charge in [0.25, 0.3) is 5.91 Å². The molecule has 6 nitrogen and oxygen atoms in total. The lowest BCUT2D eigenvalue weighted by molar-refractivity contribution is 0.0945. The van der Waals surface area contributed by atoms with E-state index in [9.17, 15) is 4.79 Å². The summed E-state index contributed by atoms with van der Waals surface area (Å²) in [4.78, 5) is 11.9. The molecule has 6 heteroatoms. The van der Waals surface area contributed by atoms with Crippen LogP contribution in [0.25, 0.3) is 0 Å². The number of carbonyl (C=O) groups excluding carboxylic acids is 1. The largest absolute Gasteiger partial charge is 0.497 e. The molecule has 0 spiro atoms. The van der Waals surface area contributed by atoms with Crippen LogP contribution >= 0.6 is 0 Å². The average molecular weight is 272 g/mol. The molecule has 2 rings (SSSR count). The Balaban J connectivity index is 1.97. The van der Waals surface area contributed by atoms with Crippen LogP contribution in [0.3, 0.4) is 0 Å². The monoisotopic (exact) mass is 272 g/mol. The molecular weight excluding hydrogens is 256 g/mol. The first-order valence-electron chi connectivity index (χ1n) is 6.15. The molecule has 0 unspecified atom stereocenters. The number of hydrogen-bond donors (Lipinski definition) is 2. The van der Waals surface area contributed by atoms with E-state index in [0.717, 1.165) is 11.3 Å². The highest BCUT2D eigenvalue weighted by molar-refractivity contribution is 5.92. The Bertz CT molecular complexity index is 584. The third-order valence-electron chi connectivity index (χ3n) is 2.74. The number of hydrogen-bond acceptors (Lipinski definition) is 5. The second-order valence-electron chi connectivity index (χ2n) is 4.09. The van der Waals surface area contributed by atoms with E-state index in [1.807, 2.05) is 24.3 Å². The lowest BCUT2D eigenvalue weighted by atomic mass is 10.2. The quantitative estimate of drug-likeness (QED) is 0.861. The number of rotatable bonds is 5. The maximum atomic E-state index is 11.9. The number of carbonyl (C=O) groups is 1. The van der Waals surface area contributed by atoms with Crippen molar-refractivity contribution in [2.24, 2.45) is 0 Å². The third kappa shape index (κ3) is 3.44. The first-order chi connectivity index (χ1) is 9.72. The van der Waals surface area contributed by atoms with Crippen LogP contribution in [0.4, 0.5) is 5.82 Å². The minimum Gasteiger partial charge on any atom is -0.497 e. The van der Waals surface area contributed by atoms with Crippen molar-refractivity contribution in [3.8, 4) is 5.75 Å². The van der Waals surface area contributed by atoms with E-state index in [1.165, 1.54) is 0 Å². The van der Waals surface area contributed by atoms with Crippen LogP contribution in [-0.4, -0.2) is 30.3 Å². The Morgan fingerprint density at radius 1 is 1.25 bits per heavy atom.